The Morgan fingerprint density at radius 1 is 1.00 bits per heavy atom. The van der Waals surface area contributed by atoms with E-state index in [1.807, 2.05) is 35.2 Å². The molecule has 0 bridgehead atoms. The molecule has 2 nitrogen and oxygen atoms in total. The van der Waals surface area contributed by atoms with E-state index in [1.54, 1.807) is 12.1 Å². The highest BCUT2D eigenvalue weighted by Crippen LogP contribution is 2.20. The number of halogens is 2. The molecule has 0 saturated heterocycles. The van der Waals surface area contributed by atoms with Crippen molar-refractivity contribution in [2.24, 2.45) is 0 Å². The molecule has 106 valence electrons. The van der Waals surface area contributed by atoms with Crippen LogP contribution in [0.1, 0.15) is 11.1 Å². The van der Waals surface area contributed by atoms with Gasteiger partial charge in [-0.1, -0.05) is 54.1 Å². The Balaban J connectivity index is 2.11. The van der Waals surface area contributed by atoms with Crippen LogP contribution in [0.15, 0.2) is 48.5 Å². The first-order valence-corrected chi connectivity index (χ1v) is 6.88. The summed E-state index contributed by atoms with van der Waals surface area (Å²) in [5.74, 6) is -0.384. The van der Waals surface area contributed by atoms with Crippen molar-refractivity contribution in [2.75, 3.05) is 13.2 Å². The molecule has 0 unspecified atom stereocenters. The van der Waals surface area contributed by atoms with Crippen molar-refractivity contribution in [2.45, 2.75) is 13.1 Å². The van der Waals surface area contributed by atoms with E-state index >= 15 is 0 Å². The molecule has 0 heterocycles. The van der Waals surface area contributed by atoms with Gasteiger partial charge in [0, 0.05) is 25.2 Å². The first-order chi connectivity index (χ1) is 9.70. The minimum Gasteiger partial charge on any atom is -0.395 e. The Labute approximate surface area is 123 Å². The Hall–Kier alpha value is -1.42. The maximum atomic E-state index is 13.9. The van der Waals surface area contributed by atoms with Crippen LogP contribution in [0.3, 0.4) is 0 Å². The average molecular weight is 294 g/mol. The highest BCUT2D eigenvalue weighted by Gasteiger charge is 2.11. The van der Waals surface area contributed by atoms with Gasteiger partial charge in [0.05, 0.1) is 11.6 Å². The third-order valence-electron chi connectivity index (χ3n) is 3.09. The summed E-state index contributed by atoms with van der Waals surface area (Å²) in [7, 11) is 0. The van der Waals surface area contributed by atoms with Gasteiger partial charge >= 0.3 is 0 Å². The normalized spacial score (nSPS) is 11.0. The van der Waals surface area contributed by atoms with E-state index in [2.05, 4.69) is 0 Å². The van der Waals surface area contributed by atoms with Crippen molar-refractivity contribution in [1.29, 1.82) is 0 Å². The lowest BCUT2D eigenvalue weighted by Crippen LogP contribution is -2.26. The van der Waals surface area contributed by atoms with Crippen LogP contribution in [0, 0.1) is 5.82 Å². The van der Waals surface area contributed by atoms with Crippen LogP contribution in [0.4, 0.5) is 4.39 Å². The molecule has 0 atom stereocenters. The summed E-state index contributed by atoms with van der Waals surface area (Å²) in [6.45, 7) is 1.60. The van der Waals surface area contributed by atoms with Gasteiger partial charge in [0.25, 0.3) is 0 Å². The molecule has 0 aromatic heterocycles. The lowest BCUT2D eigenvalue weighted by atomic mass is 10.1. The van der Waals surface area contributed by atoms with Crippen LogP contribution in [-0.2, 0) is 13.1 Å². The molecule has 2 rings (SSSR count). The van der Waals surface area contributed by atoms with Crippen molar-refractivity contribution in [3.63, 3.8) is 0 Å². The Kier molecular flexibility index (Phi) is 5.53. The summed E-state index contributed by atoms with van der Waals surface area (Å²) in [6, 6.07) is 14.9. The fourth-order valence-electron chi connectivity index (χ4n) is 2.11. The molecule has 0 aliphatic rings. The molecular weight excluding hydrogens is 277 g/mol. The zero-order chi connectivity index (χ0) is 14.4. The molecule has 1 N–H and O–H groups in total. The smallest absolute Gasteiger partial charge is 0.146 e. The number of hydrogen-bond acceptors (Lipinski definition) is 2. The van der Waals surface area contributed by atoms with Gasteiger partial charge in [0.1, 0.15) is 5.82 Å². The van der Waals surface area contributed by atoms with Crippen LogP contribution >= 0.6 is 11.6 Å². The second-order valence-corrected chi connectivity index (χ2v) is 5.04. The molecule has 4 heteroatoms. The van der Waals surface area contributed by atoms with Crippen molar-refractivity contribution < 1.29 is 9.50 Å². The summed E-state index contributed by atoms with van der Waals surface area (Å²) in [6.07, 6.45) is 0. The maximum absolute atomic E-state index is 13.9. The van der Waals surface area contributed by atoms with E-state index < -0.39 is 0 Å². The number of hydrogen-bond donors (Lipinski definition) is 1. The van der Waals surface area contributed by atoms with Crippen molar-refractivity contribution in [1.82, 2.24) is 4.90 Å². The standard InChI is InChI=1S/C16H17ClFNO/c17-15-8-4-7-14(16(15)18)12-19(9-10-20)11-13-5-2-1-3-6-13/h1-8,20H,9-12H2. The quantitative estimate of drug-likeness (QED) is 0.881. The molecule has 0 fully saturated rings. The number of rotatable bonds is 6. The topological polar surface area (TPSA) is 23.5 Å². The van der Waals surface area contributed by atoms with Crippen LogP contribution in [-0.4, -0.2) is 23.2 Å². The summed E-state index contributed by atoms with van der Waals surface area (Å²) < 4.78 is 13.9. The van der Waals surface area contributed by atoms with Gasteiger partial charge in [-0.2, -0.15) is 0 Å². The molecular formula is C16H17ClFNO. The van der Waals surface area contributed by atoms with Gasteiger partial charge in [0.15, 0.2) is 0 Å². The Bertz CT molecular complexity index is 547. The Morgan fingerprint density at radius 2 is 1.75 bits per heavy atom. The molecule has 20 heavy (non-hydrogen) atoms. The van der Waals surface area contributed by atoms with Crippen molar-refractivity contribution >= 4 is 11.6 Å². The van der Waals surface area contributed by atoms with Gasteiger partial charge in [-0.15, -0.1) is 0 Å². The third kappa shape index (κ3) is 4.04. The summed E-state index contributed by atoms with van der Waals surface area (Å²) in [4.78, 5) is 1.99. The average Bonchev–Trinajstić information content (AvgIpc) is 2.45. The van der Waals surface area contributed by atoms with E-state index in [9.17, 15) is 4.39 Å². The number of aliphatic hydroxyl groups is 1. The number of aliphatic hydroxyl groups excluding tert-OH is 1. The van der Waals surface area contributed by atoms with E-state index in [4.69, 9.17) is 16.7 Å². The fraction of sp³-hybridized carbons (Fsp3) is 0.250. The molecule has 0 amide bonds. The van der Waals surface area contributed by atoms with Gasteiger partial charge in [0.2, 0.25) is 0 Å². The van der Waals surface area contributed by atoms with Crippen LogP contribution in [0.25, 0.3) is 0 Å². The second-order valence-electron chi connectivity index (χ2n) is 4.63. The summed E-state index contributed by atoms with van der Waals surface area (Å²) in [5, 5.41) is 9.29. The first-order valence-electron chi connectivity index (χ1n) is 6.50. The van der Waals surface area contributed by atoms with E-state index in [0.717, 1.165) is 5.56 Å². The molecule has 0 saturated carbocycles. The highest BCUT2D eigenvalue weighted by molar-refractivity contribution is 6.30. The predicted octanol–water partition coefficient (Wildman–Crippen LogP) is 3.47. The fourth-order valence-corrected chi connectivity index (χ4v) is 2.30. The minimum atomic E-state index is -0.384. The van der Waals surface area contributed by atoms with Crippen molar-refractivity contribution in [3.05, 3.63) is 70.5 Å². The largest absolute Gasteiger partial charge is 0.395 e. The minimum absolute atomic E-state index is 0.0367. The monoisotopic (exact) mass is 293 g/mol. The second kappa shape index (κ2) is 7.39. The van der Waals surface area contributed by atoms with Crippen LogP contribution in [0.5, 0.6) is 0 Å². The van der Waals surface area contributed by atoms with Crippen LogP contribution in [0.2, 0.25) is 5.02 Å². The highest BCUT2D eigenvalue weighted by atomic mass is 35.5. The lowest BCUT2D eigenvalue weighted by Gasteiger charge is -2.22. The van der Waals surface area contributed by atoms with E-state index in [-0.39, 0.29) is 17.4 Å². The third-order valence-corrected chi connectivity index (χ3v) is 3.38. The van der Waals surface area contributed by atoms with Gasteiger partial charge in [-0.3, -0.25) is 4.90 Å². The van der Waals surface area contributed by atoms with Crippen molar-refractivity contribution in [3.8, 4) is 0 Å². The molecule has 0 spiro atoms. The van der Waals surface area contributed by atoms with E-state index in [0.29, 0.717) is 25.2 Å². The molecule has 0 aliphatic carbocycles. The zero-order valence-electron chi connectivity index (χ0n) is 11.1. The summed E-state index contributed by atoms with van der Waals surface area (Å²) in [5.41, 5.74) is 1.67. The molecule has 0 aliphatic heterocycles. The molecule has 2 aromatic carbocycles. The zero-order valence-corrected chi connectivity index (χ0v) is 11.9. The van der Waals surface area contributed by atoms with Crippen LogP contribution < -0.4 is 0 Å². The predicted molar refractivity (Wildman–Crippen MR) is 79.1 cm³/mol. The summed E-state index contributed by atoms with van der Waals surface area (Å²) >= 11 is 5.79. The van der Waals surface area contributed by atoms with Gasteiger partial charge in [-0.05, 0) is 11.6 Å². The SMILES string of the molecule is OCCN(Cc1ccccc1)Cc1cccc(Cl)c1F. The Morgan fingerprint density at radius 3 is 2.45 bits per heavy atom. The first kappa shape index (κ1) is 15.0. The van der Waals surface area contributed by atoms with E-state index in [1.165, 1.54) is 6.07 Å². The molecule has 2 aromatic rings. The lowest BCUT2D eigenvalue weighted by molar-refractivity contribution is 0.183. The van der Waals surface area contributed by atoms with Gasteiger partial charge < -0.3 is 5.11 Å². The number of nitrogens with zero attached hydrogens (tertiary/aromatic N) is 1. The maximum Gasteiger partial charge on any atom is 0.146 e. The number of benzene rings is 2. The molecule has 0 radical (unpaired) electrons. The van der Waals surface area contributed by atoms with Gasteiger partial charge in [-0.25, -0.2) is 4.39 Å².